The standard InChI is InChI=1S/C29H33N3O4S2/c1-7-31(8-2)21-13-10-20(23(17-21)35-5)16-24-27(33)32-26(19-11-14-22(37-6)15-12-19)25(28(34)36-9-3)18(4)30-29(32)38-24/h10-17,26H,7-9H2,1-6H3/b24-16+/t26-/m0/s1. The van der Waals surface area contributed by atoms with E-state index in [4.69, 9.17) is 9.47 Å². The van der Waals surface area contributed by atoms with Gasteiger partial charge in [0.1, 0.15) is 5.75 Å². The molecule has 0 bridgehead atoms. The molecule has 0 fully saturated rings. The lowest BCUT2D eigenvalue weighted by atomic mass is 9.96. The van der Waals surface area contributed by atoms with E-state index in [0.717, 1.165) is 34.8 Å². The van der Waals surface area contributed by atoms with Crippen molar-refractivity contribution in [1.29, 1.82) is 0 Å². The Morgan fingerprint density at radius 1 is 1.16 bits per heavy atom. The zero-order valence-corrected chi connectivity index (χ0v) is 24.2. The highest BCUT2D eigenvalue weighted by Gasteiger charge is 2.33. The summed E-state index contributed by atoms with van der Waals surface area (Å²) in [5.41, 5.74) is 3.41. The van der Waals surface area contributed by atoms with Gasteiger partial charge in [-0.05, 0) is 69.9 Å². The van der Waals surface area contributed by atoms with Crippen LogP contribution in [0.2, 0.25) is 0 Å². The van der Waals surface area contributed by atoms with Crippen LogP contribution in [0.5, 0.6) is 5.75 Å². The molecule has 7 nitrogen and oxygen atoms in total. The third-order valence-corrected chi connectivity index (χ3v) is 8.31. The second-order valence-electron chi connectivity index (χ2n) is 8.67. The first kappa shape index (κ1) is 27.7. The van der Waals surface area contributed by atoms with Gasteiger partial charge in [0.15, 0.2) is 4.80 Å². The average Bonchev–Trinajstić information content (AvgIpc) is 3.23. The molecule has 0 radical (unpaired) electrons. The Balaban J connectivity index is 1.89. The minimum Gasteiger partial charge on any atom is -0.496 e. The Hall–Kier alpha value is -3.30. The van der Waals surface area contributed by atoms with E-state index >= 15 is 0 Å². The van der Waals surface area contributed by atoms with Crippen LogP contribution in [-0.4, -0.2) is 43.6 Å². The monoisotopic (exact) mass is 551 g/mol. The first-order valence-electron chi connectivity index (χ1n) is 12.6. The predicted octanol–water partition coefficient (Wildman–Crippen LogP) is 4.38. The number of ether oxygens (including phenoxy) is 2. The molecular formula is C29H33N3O4S2. The molecule has 200 valence electrons. The van der Waals surface area contributed by atoms with Crippen LogP contribution >= 0.6 is 23.1 Å². The minimum absolute atomic E-state index is 0.211. The van der Waals surface area contributed by atoms with Crippen LogP contribution in [0, 0.1) is 0 Å². The van der Waals surface area contributed by atoms with E-state index in [-0.39, 0.29) is 12.2 Å². The fourth-order valence-corrected chi connectivity index (χ4v) is 6.08. The molecule has 0 spiro atoms. The molecule has 1 atom stereocenters. The Labute approximate surface area is 231 Å². The zero-order chi connectivity index (χ0) is 27.4. The summed E-state index contributed by atoms with van der Waals surface area (Å²) in [6.45, 7) is 9.80. The summed E-state index contributed by atoms with van der Waals surface area (Å²) in [5.74, 6) is 0.225. The first-order valence-corrected chi connectivity index (χ1v) is 14.7. The molecule has 0 N–H and O–H groups in total. The van der Waals surface area contributed by atoms with Gasteiger partial charge in [0.25, 0.3) is 5.56 Å². The molecular weight excluding hydrogens is 518 g/mol. The van der Waals surface area contributed by atoms with Crippen molar-refractivity contribution in [1.82, 2.24) is 4.57 Å². The van der Waals surface area contributed by atoms with E-state index in [1.807, 2.05) is 54.8 Å². The Morgan fingerprint density at radius 2 is 1.87 bits per heavy atom. The van der Waals surface area contributed by atoms with Crippen molar-refractivity contribution in [3.63, 3.8) is 0 Å². The second-order valence-corrected chi connectivity index (χ2v) is 10.6. The number of benzene rings is 2. The molecule has 1 aliphatic heterocycles. The number of esters is 1. The Bertz CT molecular complexity index is 1530. The third-order valence-electron chi connectivity index (χ3n) is 6.58. The second kappa shape index (κ2) is 12.0. The third kappa shape index (κ3) is 5.31. The van der Waals surface area contributed by atoms with Crippen molar-refractivity contribution in [2.75, 3.05) is 38.0 Å². The van der Waals surface area contributed by atoms with Crippen LogP contribution < -0.4 is 24.5 Å². The van der Waals surface area contributed by atoms with Gasteiger partial charge < -0.3 is 14.4 Å². The summed E-state index contributed by atoms with van der Waals surface area (Å²) in [6, 6.07) is 13.3. The SMILES string of the molecule is CCOC(=O)C1=C(C)N=c2s/c(=C/c3ccc(N(CC)CC)cc3OC)c(=O)n2[C@H]1c1ccc(SC)cc1. The van der Waals surface area contributed by atoms with Gasteiger partial charge in [0, 0.05) is 35.3 Å². The van der Waals surface area contributed by atoms with Gasteiger partial charge in [-0.2, -0.15) is 0 Å². The van der Waals surface area contributed by atoms with Crippen LogP contribution in [0.4, 0.5) is 5.69 Å². The summed E-state index contributed by atoms with van der Waals surface area (Å²) >= 11 is 2.94. The van der Waals surface area contributed by atoms with Crippen LogP contribution in [0.25, 0.3) is 6.08 Å². The molecule has 3 aromatic rings. The molecule has 0 saturated heterocycles. The number of rotatable bonds is 9. The quantitative estimate of drug-likeness (QED) is 0.290. The molecule has 0 amide bonds. The van der Waals surface area contributed by atoms with Crippen molar-refractivity contribution >= 4 is 40.8 Å². The molecule has 0 unspecified atom stereocenters. The molecule has 0 saturated carbocycles. The Kier molecular flexibility index (Phi) is 8.79. The molecule has 2 heterocycles. The minimum atomic E-state index is -0.629. The van der Waals surface area contributed by atoms with E-state index in [9.17, 15) is 9.59 Å². The average molecular weight is 552 g/mol. The van der Waals surface area contributed by atoms with Gasteiger partial charge in [0.2, 0.25) is 0 Å². The van der Waals surface area contributed by atoms with E-state index in [2.05, 4.69) is 23.7 Å². The maximum Gasteiger partial charge on any atom is 0.338 e. The number of methoxy groups -OCH3 is 1. The summed E-state index contributed by atoms with van der Waals surface area (Å²) in [4.78, 5) is 35.5. The lowest BCUT2D eigenvalue weighted by molar-refractivity contribution is -0.139. The van der Waals surface area contributed by atoms with Gasteiger partial charge in [-0.15, -0.1) is 11.8 Å². The number of allylic oxidation sites excluding steroid dienone is 1. The summed E-state index contributed by atoms with van der Waals surface area (Å²) in [5, 5.41) is 0. The number of aromatic nitrogens is 1. The fourth-order valence-electron chi connectivity index (χ4n) is 4.64. The number of thioether (sulfide) groups is 1. The molecule has 2 aromatic carbocycles. The van der Waals surface area contributed by atoms with E-state index in [1.54, 1.807) is 37.3 Å². The molecule has 9 heteroatoms. The van der Waals surface area contributed by atoms with Crippen LogP contribution in [0.1, 0.15) is 44.9 Å². The number of thiazole rings is 1. The highest BCUT2D eigenvalue weighted by molar-refractivity contribution is 7.98. The number of fused-ring (bicyclic) bond motifs is 1. The number of carbonyl (C=O) groups is 1. The lowest BCUT2D eigenvalue weighted by Gasteiger charge is -2.24. The van der Waals surface area contributed by atoms with Gasteiger partial charge in [-0.3, -0.25) is 9.36 Å². The molecule has 1 aliphatic rings. The lowest BCUT2D eigenvalue weighted by Crippen LogP contribution is -2.39. The van der Waals surface area contributed by atoms with Crippen molar-refractivity contribution < 1.29 is 14.3 Å². The molecule has 38 heavy (non-hydrogen) atoms. The van der Waals surface area contributed by atoms with Crippen LogP contribution in [0.15, 0.2) is 68.4 Å². The number of hydrogen-bond donors (Lipinski definition) is 0. The van der Waals surface area contributed by atoms with Gasteiger partial charge in [-0.1, -0.05) is 23.5 Å². The summed E-state index contributed by atoms with van der Waals surface area (Å²) in [7, 11) is 1.63. The summed E-state index contributed by atoms with van der Waals surface area (Å²) in [6.07, 6.45) is 3.85. The highest BCUT2D eigenvalue weighted by atomic mass is 32.2. The first-order chi connectivity index (χ1) is 18.4. The number of nitrogens with zero attached hydrogens (tertiary/aromatic N) is 3. The summed E-state index contributed by atoms with van der Waals surface area (Å²) < 4.78 is 13.2. The smallest absolute Gasteiger partial charge is 0.338 e. The molecule has 0 aliphatic carbocycles. The van der Waals surface area contributed by atoms with Crippen molar-refractivity contribution in [3.8, 4) is 5.75 Å². The highest BCUT2D eigenvalue weighted by Crippen LogP contribution is 2.32. The van der Waals surface area contributed by atoms with Crippen molar-refractivity contribution in [2.45, 2.75) is 38.6 Å². The maximum absolute atomic E-state index is 13.9. The van der Waals surface area contributed by atoms with E-state index in [0.29, 0.717) is 26.4 Å². The number of carbonyl (C=O) groups excluding carboxylic acids is 1. The van der Waals surface area contributed by atoms with E-state index in [1.165, 1.54) is 11.3 Å². The van der Waals surface area contributed by atoms with E-state index < -0.39 is 12.0 Å². The van der Waals surface area contributed by atoms with Crippen LogP contribution in [-0.2, 0) is 9.53 Å². The largest absolute Gasteiger partial charge is 0.496 e. The van der Waals surface area contributed by atoms with Gasteiger partial charge in [0.05, 0.1) is 35.6 Å². The molecule has 4 rings (SSSR count). The zero-order valence-electron chi connectivity index (χ0n) is 22.6. The number of hydrogen-bond acceptors (Lipinski definition) is 8. The molecule has 1 aromatic heterocycles. The normalized spacial score (nSPS) is 15.2. The number of anilines is 1. The topological polar surface area (TPSA) is 73.1 Å². The fraction of sp³-hybridized carbons (Fsp3) is 0.345. The van der Waals surface area contributed by atoms with Crippen molar-refractivity contribution in [2.24, 2.45) is 4.99 Å². The van der Waals surface area contributed by atoms with Gasteiger partial charge >= 0.3 is 5.97 Å². The maximum atomic E-state index is 13.9. The Morgan fingerprint density at radius 3 is 2.47 bits per heavy atom. The van der Waals surface area contributed by atoms with Crippen LogP contribution in [0.3, 0.4) is 0 Å². The van der Waals surface area contributed by atoms with Gasteiger partial charge in [-0.25, -0.2) is 9.79 Å². The van der Waals surface area contributed by atoms with Crippen molar-refractivity contribution in [3.05, 3.63) is 84.5 Å². The predicted molar refractivity (Wildman–Crippen MR) is 155 cm³/mol.